The number of aromatic amines is 1. The van der Waals surface area contributed by atoms with Gasteiger partial charge in [0.1, 0.15) is 11.6 Å². The molecule has 1 atom stereocenters. The number of nitrogens with one attached hydrogen (secondary N) is 2. The van der Waals surface area contributed by atoms with Gasteiger partial charge in [0.25, 0.3) is 5.56 Å². The normalized spacial score (nSPS) is 13.2. The maximum Gasteiger partial charge on any atom is 0.408 e. The second-order valence-electron chi connectivity index (χ2n) is 4.35. The van der Waals surface area contributed by atoms with Crippen LogP contribution >= 0.6 is 11.6 Å². The summed E-state index contributed by atoms with van der Waals surface area (Å²) in [5.74, 6) is 0. The molecule has 21 heavy (non-hydrogen) atoms. The van der Waals surface area contributed by atoms with Crippen LogP contribution in [0.1, 0.15) is 18.5 Å². The van der Waals surface area contributed by atoms with E-state index in [4.69, 9.17) is 11.6 Å². The largest absolute Gasteiger partial charge is 0.408 e. The SMILES string of the molecule is CC(Nc1cnn(CC(F)(F)F)c(=O)c1Cl)c1cn[nH]c1. The summed E-state index contributed by atoms with van der Waals surface area (Å²) in [6, 6.07) is -0.249. The molecule has 2 rings (SSSR count). The van der Waals surface area contributed by atoms with E-state index in [1.165, 1.54) is 0 Å². The van der Waals surface area contributed by atoms with Gasteiger partial charge in [-0.3, -0.25) is 9.89 Å². The number of nitrogens with zero attached hydrogens (tertiary/aromatic N) is 3. The molecule has 114 valence electrons. The maximum absolute atomic E-state index is 12.3. The number of hydrogen-bond donors (Lipinski definition) is 2. The van der Waals surface area contributed by atoms with Gasteiger partial charge < -0.3 is 5.32 Å². The molecule has 10 heteroatoms. The zero-order valence-corrected chi connectivity index (χ0v) is 11.5. The van der Waals surface area contributed by atoms with Crippen molar-refractivity contribution in [3.63, 3.8) is 0 Å². The molecule has 0 aliphatic rings. The molecule has 0 fully saturated rings. The van der Waals surface area contributed by atoms with E-state index in [2.05, 4.69) is 20.6 Å². The fourth-order valence-corrected chi connectivity index (χ4v) is 1.86. The number of halogens is 4. The van der Waals surface area contributed by atoms with E-state index >= 15 is 0 Å². The summed E-state index contributed by atoms with van der Waals surface area (Å²) in [6.45, 7) is 0.297. The van der Waals surface area contributed by atoms with E-state index in [0.717, 1.165) is 11.8 Å². The van der Waals surface area contributed by atoms with Crippen LogP contribution in [0.4, 0.5) is 18.9 Å². The van der Waals surface area contributed by atoms with Crippen molar-refractivity contribution in [2.24, 2.45) is 0 Å². The Bertz CT molecular complexity index is 667. The molecule has 0 aliphatic carbocycles. The van der Waals surface area contributed by atoms with E-state index in [0.29, 0.717) is 0 Å². The van der Waals surface area contributed by atoms with Crippen molar-refractivity contribution in [3.05, 3.63) is 39.5 Å². The highest BCUT2D eigenvalue weighted by molar-refractivity contribution is 6.32. The molecule has 0 spiro atoms. The Morgan fingerprint density at radius 3 is 2.76 bits per heavy atom. The molecule has 2 aromatic rings. The zero-order chi connectivity index (χ0) is 15.6. The lowest BCUT2D eigenvalue weighted by atomic mass is 10.2. The van der Waals surface area contributed by atoms with E-state index in [1.807, 2.05) is 0 Å². The minimum atomic E-state index is -4.54. The van der Waals surface area contributed by atoms with Crippen molar-refractivity contribution in [2.75, 3.05) is 5.32 Å². The van der Waals surface area contributed by atoms with Crippen molar-refractivity contribution in [1.82, 2.24) is 20.0 Å². The molecule has 0 aliphatic heterocycles. The van der Waals surface area contributed by atoms with Crippen LogP contribution in [0.15, 0.2) is 23.4 Å². The summed E-state index contributed by atoms with van der Waals surface area (Å²) in [5, 5.41) is 12.4. The Kier molecular flexibility index (Phi) is 4.21. The molecule has 0 bridgehead atoms. The van der Waals surface area contributed by atoms with E-state index in [1.54, 1.807) is 19.3 Å². The molecule has 0 saturated heterocycles. The van der Waals surface area contributed by atoms with Crippen LogP contribution in [-0.2, 0) is 6.54 Å². The van der Waals surface area contributed by atoms with Crippen LogP contribution in [-0.4, -0.2) is 26.2 Å². The first kappa shape index (κ1) is 15.4. The smallest absolute Gasteiger partial charge is 0.376 e. The Morgan fingerprint density at radius 1 is 1.48 bits per heavy atom. The lowest BCUT2D eigenvalue weighted by Gasteiger charge is -2.15. The van der Waals surface area contributed by atoms with E-state index in [-0.39, 0.29) is 21.4 Å². The molecule has 2 heterocycles. The number of rotatable bonds is 4. The molecule has 2 aromatic heterocycles. The number of hydrogen-bond acceptors (Lipinski definition) is 4. The van der Waals surface area contributed by atoms with Gasteiger partial charge in [0, 0.05) is 11.8 Å². The number of anilines is 1. The third-order valence-electron chi connectivity index (χ3n) is 2.71. The van der Waals surface area contributed by atoms with E-state index < -0.39 is 18.3 Å². The summed E-state index contributed by atoms with van der Waals surface area (Å²) in [5.41, 5.74) is -0.0438. The minimum Gasteiger partial charge on any atom is -0.376 e. The molecule has 2 N–H and O–H groups in total. The maximum atomic E-state index is 12.3. The molecule has 6 nitrogen and oxygen atoms in total. The van der Waals surface area contributed by atoms with Crippen LogP contribution in [0.5, 0.6) is 0 Å². The summed E-state index contributed by atoms with van der Waals surface area (Å²) >= 11 is 5.81. The molecule has 0 radical (unpaired) electrons. The van der Waals surface area contributed by atoms with Crippen LogP contribution in [0, 0.1) is 0 Å². The summed E-state index contributed by atoms with van der Waals surface area (Å²) < 4.78 is 37.1. The van der Waals surface area contributed by atoms with E-state index in [9.17, 15) is 18.0 Å². The fourth-order valence-electron chi connectivity index (χ4n) is 1.66. The summed E-state index contributed by atoms with van der Waals surface area (Å²) in [7, 11) is 0. The van der Waals surface area contributed by atoms with Gasteiger partial charge in [-0.1, -0.05) is 11.6 Å². The van der Waals surface area contributed by atoms with Gasteiger partial charge in [-0.25, -0.2) is 4.68 Å². The number of alkyl halides is 3. The second kappa shape index (κ2) is 5.76. The average molecular weight is 322 g/mol. The lowest BCUT2D eigenvalue weighted by molar-refractivity contribution is -0.143. The van der Waals surface area contributed by atoms with Crippen molar-refractivity contribution >= 4 is 17.3 Å². The zero-order valence-electron chi connectivity index (χ0n) is 10.8. The van der Waals surface area contributed by atoms with Crippen molar-refractivity contribution < 1.29 is 13.2 Å². The van der Waals surface area contributed by atoms with Gasteiger partial charge in [-0.15, -0.1) is 0 Å². The number of H-pyrrole nitrogens is 1. The average Bonchev–Trinajstić information content (AvgIpc) is 2.91. The predicted octanol–water partition coefficient (Wildman–Crippen LogP) is 2.36. The number of aromatic nitrogens is 4. The van der Waals surface area contributed by atoms with Gasteiger partial charge in [0.15, 0.2) is 0 Å². The molecular formula is C11H11ClF3N5O. The lowest BCUT2D eigenvalue weighted by Crippen LogP contribution is -2.31. The highest BCUT2D eigenvalue weighted by Crippen LogP contribution is 2.23. The van der Waals surface area contributed by atoms with Crippen LogP contribution in [0.25, 0.3) is 0 Å². The molecule has 0 amide bonds. The first-order valence-corrected chi connectivity index (χ1v) is 6.23. The van der Waals surface area contributed by atoms with Crippen LogP contribution in [0.3, 0.4) is 0 Å². The Labute approximate surface area is 121 Å². The minimum absolute atomic E-state index is 0.161. The molecule has 1 unspecified atom stereocenters. The van der Waals surface area contributed by atoms with Gasteiger partial charge in [0.05, 0.1) is 24.1 Å². The Balaban J connectivity index is 2.23. The van der Waals surface area contributed by atoms with Gasteiger partial charge in [-0.2, -0.15) is 23.4 Å². The molecular weight excluding hydrogens is 311 g/mol. The van der Waals surface area contributed by atoms with Crippen LogP contribution in [0.2, 0.25) is 5.02 Å². The van der Waals surface area contributed by atoms with Crippen LogP contribution < -0.4 is 10.9 Å². The Morgan fingerprint density at radius 2 is 2.19 bits per heavy atom. The standard InChI is InChI=1S/C11H11ClF3N5O/c1-6(7-2-16-17-3-7)19-8-4-18-20(5-11(13,14)15)10(21)9(8)12/h2-4,6,19H,5H2,1H3,(H,16,17). The first-order valence-electron chi connectivity index (χ1n) is 5.85. The third kappa shape index (κ3) is 3.75. The van der Waals surface area contributed by atoms with Crippen molar-refractivity contribution in [3.8, 4) is 0 Å². The Hall–Kier alpha value is -2.03. The van der Waals surface area contributed by atoms with Crippen molar-refractivity contribution in [1.29, 1.82) is 0 Å². The first-order chi connectivity index (χ1) is 9.78. The topological polar surface area (TPSA) is 75.6 Å². The van der Waals surface area contributed by atoms with Gasteiger partial charge in [0.2, 0.25) is 0 Å². The van der Waals surface area contributed by atoms with Crippen molar-refractivity contribution in [2.45, 2.75) is 25.7 Å². The third-order valence-corrected chi connectivity index (χ3v) is 3.07. The summed E-state index contributed by atoms with van der Waals surface area (Å²) in [6.07, 6.45) is -0.237. The predicted molar refractivity (Wildman–Crippen MR) is 70.2 cm³/mol. The molecule has 0 saturated carbocycles. The highest BCUT2D eigenvalue weighted by Gasteiger charge is 2.29. The molecule has 0 aromatic carbocycles. The highest BCUT2D eigenvalue weighted by atomic mass is 35.5. The summed E-state index contributed by atoms with van der Waals surface area (Å²) in [4.78, 5) is 11.7. The fraction of sp³-hybridized carbons (Fsp3) is 0.364. The monoisotopic (exact) mass is 321 g/mol. The van der Waals surface area contributed by atoms with Gasteiger partial charge >= 0.3 is 6.18 Å². The quantitative estimate of drug-likeness (QED) is 0.906. The van der Waals surface area contributed by atoms with Gasteiger partial charge in [-0.05, 0) is 6.92 Å². The second-order valence-corrected chi connectivity index (χ2v) is 4.73.